The molecule has 1 atom stereocenters. The van der Waals surface area contributed by atoms with Gasteiger partial charge in [0.2, 0.25) is 0 Å². The van der Waals surface area contributed by atoms with E-state index in [0.717, 1.165) is 12.0 Å². The van der Waals surface area contributed by atoms with Crippen LogP contribution in [0.3, 0.4) is 0 Å². The van der Waals surface area contributed by atoms with Gasteiger partial charge in [-0.15, -0.1) is 0 Å². The Kier molecular flexibility index (Phi) is 4.90. The van der Waals surface area contributed by atoms with E-state index >= 15 is 0 Å². The summed E-state index contributed by atoms with van der Waals surface area (Å²) in [6, 6.07) is 4.55. The van der Waals surface area contributed by atoms with Gasteiger partial charge >= 0.3 is 0 Å². The molecule has 0 bridgehead atoms. The Morgan fingerprint density at radius 3 is 2.59 bits per heavy atom. The zero-order chi connectivity index (χ0) is 13.0. The number of nitrogens with zero attached hydrogens (tertiary/aromatic N) is 1. The molecule has 94 valence electrons. The maximum Gasteiger partial charge on any atom is 0.270 e. The number of nitro benzene ring substituents is 1. The molecule has 2 N–H and O–H groups in total. The van der Waals surface area contributed by atoms with Crippen molar-refractivity contribution in [2.24, 2.45) is 11.7 Å². The summed E-state index contributed by atoms with van der Waals surface area (Å²) < 4.78 is 0. The van der Waals surface area contributed by atoms with Crippen molar-refractivity contribution in [3.8, 4) is 0 Å². The van der Waals surface area contributed by atoms with E-state index in [9.17, 15) is 10.1 Å². The SMILES string of the molecule is CC(C)CC(N)Cc1ccc([N+](=O)[O-])cc1Cl. The van der Waals surface area contributed by atoms with E-state index in [-0.39, 0.29) is 11.7 Å². The minimum Gasteiger partial charge on any atom is -0.327 e. The number of rotatable bonds is 5. The Morgan fingerprint density at radius 1 is 1.47 bits per heavy atom. The Labute approximate surface area is 106 Å². The maximum atomic E-state index is 10.6. The van der Waals surface area contributed by atoms with Crippen molar-refractivity contribution in [1.82, 2.24) is 0 Å². The molecule has 0 heterocycles. The third-order valence-corrected chi connectivity index (χ3v) is 2.86. The lowest BCUT2D eigenvalue weighted by Crippen LogP contribution is -2.24. The van der Waals surface area contributed by atoms with Gasteiger partial charge in [-0.3, -0.25) is 10.1 Å². The zero-order valence-electron chi connectivity index (χ0n) is 10.0. The highest BCUT2D eigenvalue weighted by molar-refractivity contribution is 6.31. The highest BCUT2D eigenvalue weighted by Crippen LogP contribution is 2.24. The van der Waals surface area contributed by atoms with Gasteiger partial charge < -0.3 is 5.73 Å². The molecule has 1 aromatic rings. The van der Waals surface area contributed by atoms with Crippen molar-refractivity contribution in [2.45, 2.75) is 32.7 Å². The van der Waals surface area contributed by atoms with E-state index < -0.39 is 4.92 Å². The van der Waals surface area contributed by atoms with Crippen molar-refractivity contribution < 1.29 is 4.92 Å². The number of benzene rings is 1. The van der Waals surface area contributed by atoms with Gasteiger partial charge in [0.1, 0.15) is 0 Å². The van der Waals surface area contributed by atoms with Crippen LogP contribution in [0.4, 0.5) is 5.69 Å². The lowest BCUT2D eigenvalue weighted by Gasteiger charge is -2.14. The molecule has 0 spiro atoms. The number of hydrogen-bond donors (Lipinski definition) is 1. The van der Waals surface area contributed by atoms with E-state index in [4.69, 9.17) is 17.3 Å². The van der Waals surface area contributed by atoms with Crippen LogP contribution in [0.25, 0.3) is 0 Å². The molecule has 0 saturated heterocycles. The second-order valence-corrected chi connectivity index (χ2v) is 5.03. The molecule has 0 aromatic heterocycles. The molecule has 0 fully saturated rings. The summed E-state index contributed by atoms with van der Waals surface area (Å²) in [7, 11) is 0. The molecule has 17 heavy (non-hydrogen) atoms. The standard InChI is InChI=1S/C12H17ClN2O2/c1-8(2)5-10(14)6-9-3-4-11(15(16)17)7-12(9)13/h3-4,7-8,10H,5-6,14H2,1-2H3. The molecule has 4 nitrogen and oxygen atoms in total. The summed E-state index contributed by atoms with van der Waals surface area (Å²) in [5.41, 5.74) is 6.86. The summed E-state index contributed by atoms with van der Waals surface area (Å²) in [4.78, 5) is 10.1. The highest BCUT2D eigenvalue weighted by atomic mass is 35.5. The van der Waals surface area contributed by atoms with Crippen LogP contribution < -0.4 is 5.73 Å². The average molecular weight is 257 g/mol. The second-order valence-electron chi connectivity index (χ2n) is 4.63. The largest absolute Gasteiger partial charge is 0.327 e. The lowest BCUT2D eigenvalue weighted by atomic mass is 9.98. The predicted molar refractivity (Wildman–Crippen MR) is 69.2 cm³/mol. The molecular weight excluding hydrogens is 240 g/mol. The van der Waals surface area contributed by atoms with Crippen LogP contribution in [0.1, 0.15) is 25.8 Å². The van der Waals surface area contributed by atoms with Crippen LogP contribution in [0, 0.1) is 16.0 Å². The molecule has 0 aliphatic carbocycles. The minimum atomic E-state index is -0.455. The molecule has 0 saturated carbocycles. The van der Waals surface area contributed by atoms with Gasteiger partial charge in [-0.05, 0) is 24.3 Å². The van der Waals surface area contributed by atoms with Gasteiger partial charge in [0.15, 0.2) is 0 Å². The Morgan fingerprint density at radius 2 is 2.12 bits per heavy atom. The molecule has 1 aromatic carbocycles. The van der Waals surface area contributed by atoms with Gasteiger partial charge in [0, 0.05) is 18.2 Å². The van der Waals surface area contributed by atoms with Crippen molar-refractivity contribution in [3.05, 3.63) is 38.9 Å². The second kappa shape index (κ2) is 5.98. The number of nitro groups is 1. The first-order valence-electron chi connectivity index (χ1n) is 5.58. The first kappa shape index (κ1) is 13.9. The van der Waals surface area contributed by atoms with Gasteiger partial charge in [-0.1, -0.05) is 31.5 Å². The third-order valence-electron chi connectivity index (χ3n) is 2.50. The van der Waals surface area contributed by atoms with Crippen LogP contribution >= 0.6 is 11.6 Å². The smallest absolute Gasteiger partial charge is 0.270 e. The Hall–Kier alpha value is -1.13. The Balaban J connectivity index is 2.75. The van der Waals surface area contributed by atoms with E-state index in [1.165, 1.54) is 12.1 Å². The van der Waals surface area contributed by atoms with E-state index in [1.807, 2.05) is 0 Å². The fourth-order valence-corrected chi connectivity index (χ4v) is 2.04. The van der Waals surface area contributed by atoms with E-state index in [1.54, 1.807) is 6.07 Å². The lowest BCUT2D eigenvalue weighted by molar-refractivity contribution is -0.384. The van der Waals surface area contributed by atoms with Gasteiger partial charge in [0.05, 0.1) is 9.95 Å². The minimum absolute atomic E-state index is 0.0104. The third kappa shape index (κ3) is 4.32. The first-order valence-corrected chi connectivity index (χ1v) is 5.96. The van der Waals surface area contributed by atoms with Gasteiger partial charge in [-0.25, -0.2) is 0 Å². The van der Waals surface area contributed by atoms with Gasteiger partial charge in [0.25, 0.3) is 5.69 Å². The summed E-state index contributed by atoms with van der Waals surface area (Å²) in [6.07, 6.45) is 1.56. The monoisotopic (exact) mass is 256 g/mol. The molecular formula is C12H17ClN2O2. The first-order chi connectivity index (χ1) is 7.90. The van der Waals surface area contributed by atoms with Crippen LogP contribution in [-0.2, 0) is 6.42 Å². The van der Waals surface area contributed by atoms with Crippen molar-refractivity contribution >= 4 is 17.3 Å². The number of hydrogen-bond acceptors (Lipinski definition) is 3. The topological polar surface area (TPSA) is 69.2 Å². The molecule has 5 heteroatoms. The molecule has 1 unspecified atom stereocenters. The van der Waals surface area contributed by atoms with Crippen molar-refractivity contribution in [2.75, 3.05) is 0 Å². The zero-order valence-corrected chi connectivity index (χ0v) is 10.8. The van der Waals surface area contributed by atoms with Crippen molar-refractivity contribution in [3.63, 3.8) is 0 Å². The molecule has 0 aliphatic rings. The summed E-state index contributed by atoms with van der Waals surface area (Å²) in [6.45, 7) is 4.22. The quantitative estimate of drug-likeness (QED) is 0.650. The van der Waals surface area contributed by atoms with E-state index in [0.29, 0.717) is 17.4 Å². The van der Waals surface area contributed by atoms with Crippen LogP contribution in [0.2, 0.25) is 5.02 Å². The summed E-state index contributed by atoms with van der Waals surface area (Å²) in [5.74, 6) is 0.529. The average Bonchev–Trinajstić information content (AvgIpc) is 2.19. The number of halogens is 1. The van der Waals surface area contributed by atoms with Gasteiger partial charge in [-0.2, -0.15) is 0 Å². The van der Waals surface area contributed by atoms with Crippen LogP contribution in [0.5, 0.6) is 0 Å². The van der Waals surface area contributed by atoms with E-state index in [2.05, 4.69) is 13.8 Å². The molecule has 0 amide bonds. The Bertz CT molecular complexity index is 407. The number of nitrogens with two attached hydrogens (primary N) is 1. The number of non-ortho nitro benzene ring substituents is 1. The molecule has 1 rings (SSSR count). The predicted octanol–water partition coefficient (Wildman–Crippen LogP) is 3.16. The molecule has 0 aliphatic heterocycles. The fraction of sp³-hybridized carbons (Fsp3) is 0.500. The van der Waals surface area contributed by atoms with Crippen LogP contribution in [-0.4, -0.2) is 11.0 Å². The summed E-state index contributed by atoms with van der Waals surface area (Å²) >= 11 is 5.99. The summed E-state index contributed by atoms with van der Waals surface area (Å²) in [5, 5.41) is 11.0. The highest BCUT2D eigenvalue weighted by Gasteiger charge is 2.12. The molecule has 0 radical (unpaired) electrons. The normalized spacial score (nSPS) is 12.8. The fourth-order valence-electron chi connectivity index (χ4n) is 1.79. The van der Waals surface area contributed by atoms with Crippen LogP contribution in [0.15, 0.2) is 18.2 Å². The maximum absolute atomic E-state index is 10.6. The van der Waals surface area contributed by atoms with Crippen molar-refractivity contribution in [1.29, 1.82) is 0 Å².